The highest BCUT2D eigenvalue weighted by atomic mass is 16.5. The molecule has 2 heterocycles. The number of hydrogen-bond donors (Lipinski definition) is 1. The molecule has 44 heavy (non-hydrogen) atoms. The van der Waals surface area contributed by atoms with Crippen molar-refractivity contribution in [1.29, 1.82) is 0 Å². The van der Waals surface area contributed by atoms with Crippen molar-refractivity contribution >= 4 is 27.6 Å². The molecule has 1 N–H and O–H groups in total. The summed E-state index contributed by atoms with van der Waals surface area (Å²) in [7, 11) is 5.63. The van der Waals surface area contributed by atoms with E-state index in [0.29, 0.717) is 38.5 Å². The summed E-state index contributed by atoms with van der Waals surface area (Å²) in [5.74, 6) is 0.586. The monoisotopic (exact) mass is 596 g/mol. The highest BCUT2D eigenvalue weighted by Gasteiger charge is 2.27. The zero-order chi connectivity index (χ0) is 31.1. The van der Waals surface area contributed by atoms with Crippen molar-refractivity contribution in [1.82, 2.24) is 19.7 Å². The number of rotatable bonds is 15. The first-order valence-corrected chi connectivity index (χ1v) is 15.6. The molecule has 8 heteroatoms. The fourth-order valence-electron chi connectivity index (χ4n) is 6.33. The second-order valence-electron chi connectivity index (χ2n) is 11.0. The zero-order valence-electron chi connectivity index (χ0n) is 26.6. The largest absolute Gasteiger partial charge is 0.493 e. The Morgan fingerprint density at radius 2 is 1.75 bits per heavy atom. The van der Waals surface area contributed by atoms with Gasteiger partial charge in [-0.3, -0.25) is 4.68 Å². The van der Waals surface area contributed by atoms with Gasteiger partial charge in [0.2, 0.25) is 0 Å². The Morgan fingerprint density at radius 3 is 2.52 bits per heavy atom. The molecule has 0 aliphatic heterocycles. The van der Waals surface area contributed by atoms with Crippen LogP contribution in [-0.2, 0) is 42.5 Å². The summed E-state index contributed by atoms with van der Waals surface area (Å²) in [5.41, 5.74) is 6.84. The average Bonchev–Trinajstić information content (AvgIpc) is 3.53. The first-order valence-electron chi connectivity index (χ1n) is 15.6. The Bertz CT molecular complexity index is 1730. The summed E-state index contributed by atoms with van der Waals surface area (Å²) in [5, 5.41) is 11.4. The van der Waals surface area contributed by atoms with E-state index in [0.717, 1.165) is 81.3 Å². The molecule has 0 saturated carbocycles. The molecule has 0 fully saturated rings. The molecule has 0 radical (unpaired) electrons. The molecular formula is C36H44N4O4. The van der Waals surface area contributed by atoms with Gasteiger partial charge in [0.25, 0.3) is 0 Å². The highest BCUT2D eigenvalue weighted by Crippen LogP contribution is 2.39. The standard InChI is InChI=1S/C36H44N4O4/c1-6-31-33(30(24-42-5)38-39(31)4)29-18-11-17-27-28(35(36(41)43-7-2)40(34(27)29)22-13-21-37-3)19-12-23-44-32-20-10-15-25-14-8-9-16-26(25)32/h8-11,14-18,20,37H,6-7,12-13,19,21-24H2,1-5H3. The number of ether oxygens (including phenoxy) is 3. The van der Waals surface area contributed by atoms with Gasteiger partial charge < -0.3 is 24.1 Å². The van der Waals surface area contributed by atoms with Gasteiger partial charge in [0.1, 0.15) is 11.4 Å². The van der Waals surface area contributed by atoms with Crippen LogP contribution in [0.2, 0.25) is 0 Å². The van der Waals surface area contributed by atoms with Crippen molar-refractivity contribution in [3.8, 4) is 16.9 Å². The number of aryl methyl sites for hydroxylation is 3. The molecule has 2 aromatic heterocycles. The van der Waals surface area contributed by atoms with E-state index in [1.807, 2.05) is 50.0 Å². The van der Waals surface area contributed by atoms with Gasteiger partial charge in [-0.1, -0.05) is 61.5 Å². The van der Waals surface area contributed by atoms with E-state index in [9.17, 15) is 4.79 Å². The van der Waals surface area contributed by atoms with Crippen molar-refractivity contribution in [2.24, 2.45) is 7.05 Å². The van der Waals surface area contributed by atoms with E-state index < -0.39 is 0 Å². The first-order chi connectivity index (χ1) is 21.5. The molecule has 3 aromatic carbocycles. The van der Waals surface area contributed by atoms with Crippen LogP contribution in [0.15, 0.2) is 60.7 Å². The normalized spacial score (nSPS) is 11.5. The molecule has 0 aliphatic rings. The maximum Gasteiger partial charge on any atom is 0.355 e. The number of methoxy groups -OCH3 is 1. The molecule has 0 amide bonds. The summed E-state index contributed by atoms with van der Waals surface area (Å²) in [6.45, 7) is 6.76. The molecular weight excluding hydrogens is 552 g/mol. The van der Waals surface area contributed by atoms with Gasteiger partial charge >= 0.3 is 5.97 Å². The molecule has 0 aliphatic carbocycles. The third-order valence-corrected chi connectivity index (χ3v) is 8.17. The number of nitrogens with one attached hydrogen (secondary N) is 1. The van der Waals surface area contributed by atoms with Crippen LogP contribution in [0.1, 0.15) is 54.1 Å². The number of carbonyl (C=O) groups is 1. The highest BCUT2D eigenvalue weighted by molar-refractivity contribution is 6.05. The maximum atomic E-state index is 13.7. The minimum atomic E-state index is -0.289. The Kier molecular flexibility index (Phi) is 10.4. The third-order valence-electron chi connectivity index (χ3n) is 8.17. The number of fused-ring (bicyclic) bond motifs is 2. The number of benzene rings is 3. The van der Waals surface area contributed by atoms with Gasteiger partial charge in [-0.25, -0.2) is 4.79 Å². The molecule has 0 atom stereocenters. The first kappa shape index (κ1) is 31.3. The van der Waals surface area contributed by atoms with Gasteiger partial charge in [-0.2, -0.15) is 5.10 Å². The van der Waals surface area contributed by atoms with Crippen molar-refractivity contribution in [3.63, 3.8) is 0 Å². The summed E-state index contributed by atoms with van der Waals surface area (Å²) in [4.78, 5) is 13.7. The van der Waals surface area contributed by atoms with Crippen molar-refractivity contribution < 1.29 is 19.0 Å². The smallest absolute Gasteiger partial charge is 0.355 e. The van der Waals surface area contributed by atoms with Crippen LogP contribution >= 0.6 is 0 Å². The van der Waals surface area contributed by atoms with Gasteiger partial charge in [0, 0.05) is 48.3 Å². The number of carbonyl (C=O) groups excluding carboxylic acids is 1. The molecule has 8 nitrogen and oxygen atoms in total. The second-order valence-corrected chi connectivity index (χ2v) is 11.0. The van der Waals surface area contributed by atoms with E-state index >= 15 is 0 Å². The lowest BCUT2D eigenvalue weighted by molar-refractivity contribution is 0.0512. The van der Waals surface area contributed by atoms with Crippen LogP contribution < -0.4 is 10.1 Å². The van der Waals surface area contributed by atoms with Crippen LogP contribution in [-0.4, -0.2) is 54.2 Å². The molecule has 232 valence electrons. The number of para-hydroxylation sites is 1. The van der Waals surface area contributed by atoms with Crippen LogP contribution in [0.4, 0.5) is 0 Å². The Hall–Kier alpha value is -4.14. The Labute approximate surface area is 259 Å². The average molecular weight is 597 g/mol. The topological polar surface area (TPSA) is 79.5 Å². The maximum absolute atomic E-state index is 13.7. The van der Waals surface area contributed by atoms with Gasteiger partial charge in [0.15, 0.2) is 0 Å². The number of esters is 1. The molecule has 5 aromatic rings. The lowest BCUT2D eigenvalue weighted by Gasteiger charge is -2.14. The van der Waals surface area contributed by atoms with Crippen LogP contribution in [0.3, 0.4) is 0 Å². The number of aromatic nitrogens is 3. The van der Waals surface area contributed by atoms with E-state index in [4.69, 9.17) is 19.3 Å². The fraction of sp³-hybridized carbons (Fsp3) is 0.389. The lowest BCUT2D eigenvalue weighted by atomic mass is 9.97. The summed E-state index contributed by atoms with van der Waals surface area (Å²) < 4.78 is 21.7. The third kappa shape index (κ3) is 6.23. The van der Waals surface area contributed by atoms with Crippen molar-refractivity contribution in [2.75, 3.05) is 33.9 Å². The van der Waals surface area contributed by atoms with Crippen molar-refractivity contribution in [3.05, 3.63) is 83.3 Å². The van der Waals surface area contributed by atoms with Crippen LogP contribution in [0.25, 0.3) is 32.8 Å². The predicted octanol–water partition coefficient (Wildman–Crippen LogP) is 6.70. The second kappa shape index (κ2) is 14.6. The molecule has 0 unspecified atom stereocenters. The van der Waals surface area contributed by atoms with Gasteiger partial charge in [0.05, 0.1) is 31.0 Å². The molecule has 0 saturated heterocycles. The number of nitrogens with zero attached hydrogens (tertiary/aromatic N) is 3. The summed E-state index contributed by atoms with van der Waals surface area (Å²) >= 11 is 0. The van der Waals surface area contributed by atoms with Gasteiger partial charge in [-0.05, 0) is 63.2 Å². The van der Waals surface area contributed by atoms with Crippen molar-refractivity contribution in [2.45, 2.75) is 52.7 Å². The lowest BCUT2D eigenvalue weighted by Crippen LogP contribution is -2.17. The SMILES string of the molecule is CCOC(=O)c1c(CCCOc2cccc3ccccc23)c2cccc(-c3c(COC)nn(C)c3CC)c2n1CCCNC. The molecule has 5 rings (SSSR count). The van der Waals surface area contributed by atoms with E-state index in [1.165, 1.54) is 0 Å². The fourth-order valence-corrected chi connectivity index (χ4v) is 6.33. The summed E-state index contributed by atoms with van der Waals surface area (Å²) in [6.07, 6.45) is 3.11. The van der Waals surface area contributed by atoms with Gasteiger partial charge in [-0.15, -0.1) is 0 Å². The zero-order valence-corrected chi connectivity index (χ0v) is 26.6. The number of hydrogen-bond acceptors (Lipinski definition) is 6. The van der Waals surface area contributed by atoms with E-state index in [1.54, 1.807) is 7.11 Å². The van der Waals surface area contributed by atoms with E-state index in [-0.39, 0.29) is 5.97 Å². The minimum Gasteiger partial charge on any atom is -0.493 e. The van der Waals surface area contributed by atoms with Crippen LogP contribution in [0.5, 0.6) is 5.75 Å². The quantitative estimate of drug-likeness (QED) is 0.107. The Balaban J connectivity index is 1.60. The predicted molar refractivity (Wildman–Crippen MR) is 176 cm³/mol. The molecule has 0 spiro atoms. The van der Waals surface area contributed by atoms with Crippen LogP contribution in [0, 0.1) is 0 Å². The minimum absolute atomic E-state index is 0.289. The molecule has 0 bridgehead atoms. The Morgan fingerprint density at radius 1 is 0.977 bits per heavy atom. The van der Waals surface area contributed by atoms with E-state index in [2.05, 4.69) is 53.2 Å². The summed E-state index contributed by atoms with van der Waals surface area (Å²) in [6, 6.07) is 20.8.